The molecular weight excluding hydrogens is 316 g/mol. The van der Waals surface area contributed by atoms with Gasteiger partial charge < -0.3 is 15.1 Å². The number of furan rings is 1. The topological polar surface area (TPSA) is 37.2 Å². The normalized spacial score (nSPS) is 10.8. The van der Waals surface area contributed by atoms with Gasteiger partial charge in [0.05, 0.1) is 0 Å². The third-order valence-corrected chi connectivity index (χ3v) is 4.18. The number of rotatable bonds is 3. The predicted molar refractivity (Wildman–Crippen MR) is 103 cm³/mol. The zero-order chi connectivity index (χ0) is 16.4. The summed E-state index contributed by atoms with van der Waals surface area (Å²) >= 11 is 5.37. The van der Waals surface area contributed by atoms with Gasteiger partial charge in [-0.05, 0) is 36.0 Å². The fraction of sp³-hybridized carbons (Fsp3) is 0.0500. The Labute approximate surface area is 145 Å². The Morgan fingerprint density at radius 3 is 2.46 bits per heavy atom. The Morgan fingerprint density at radius 1 is 0.833 bits per heavy atom. The van der Waals surface area contributed by atoms with Crippen molar-refractivity contribution >= 4 is 45.0 Å². The molecular formula is C20H16N2OS. The molecule has 24 heavy (non-hydrogen) atoms. The molecule has 0 saturated carbocycles. The zero-order valence-electron chi connectivity index (χ0n) is 13.0. The number of hydrogen-bond acceptors (Lipinski definition) is 2. The lowest BCUT2D eigenvalue weighted by Gasteiger charge is -2.10. The van der Waals surface area contributed by atoms with E-state index in [2.05, 4.69) is 34.9 Å². The minimum atomic E-state index is 0.592. The lowest BCUT2D eigenvalue weighted by Crippen LogP contribution is -2.27. The standard InChI is InChI=1S/C20H16N2OS/c24-20(21-13-14-6-2-1-3-7-14)22-15-10-11-17-16-8-4-5-9-18(16)23-19(17)12-15/h1-12H,13H2,(H2,21,22,24). The summed E-state index contributed by atoms with van der Waals surface area (Å²) in [6, 6.07) is 24.3. The maximum Gasteiger partial charge on any atom is 0.171 e. The Kier molecular flexibility index (Phi) is 3.89. The van der Waals surface area contributed by atoms with Crippen molar-refractivity contribution in [2.75, 3.05) is 5.32 Å². The van der Waals surface area contributed by atoms with Crippen LogP contribution in [-0.2, 0) is 6.54 Å². The van der Waals surface area contributed by atoms with E-state index in [4.69, 9.17) is 16.6 Å². The molecule has 4 heteroatoms. The summed E-state index contributed by atoms with van der Waals surface area (Å²) in [5.41, 5.74) is 3.85. The first-order valence-electron chi connectivity index (χ1n) is 7.80. The van der Waals surface area contributed by atoms with Crippen molar-refractivity contribution in [1.82, 2.24) is 5.32 Å². The van der Waals surface area contributed by atoms with Gasteiger partial charge in [0.25, 0.3) is 0 Å². The number of hydrogen-bond donors (Lipinski definition) is 2. The van der Waals surface area contributed by atoms with Crippen molar-refractivity contribution < 1.29 is 4.42 Å². The molecule has 0 spiro atoms. The molecule has 0 aliphatic heterocycles. The average molecular weight is 332 g/mol. The molecule has 0 unspecified atom stereocenters. The van der Waals surface area contributed by atoms with Crippen molar-refractivity contribution in [2.45, 2.75) is 6.54 Å². The number of para-hydroxylation sites is 1. The second kappa shape index (κ2) is 6.34. The summed E-state index contributed by atoms with van der Waals surface area (Å²) in [7, 11) is 0. The van der Waals surface area contributed by atoms with Gasteiger partial charge in [0.15, 0.2) is 5.11 Å². The van der Waals surface area contributed by atoms with E-state index >= 15 is 0 Å². The summed E-state index contributed by atoms with van der Waals surface area (Å²) in [5, 5.41) is 9.25. The van der Waals surface area contributed by atoms with E-state index in [1.807, 2.05) is 48.5 Å². The minimum Gasteiger partial charge on any atom is -0.456 e. The number of fused-ring (bicyclic) bond motifs is 3. The van der Waals surface area contributed by atoms with E-state index in [-0.39, 0.29) is 0 Å². The summed E-state index contributed by atoms with van der Waals surface area (Å²) in [5.74, 6) is 0. The lowest BCUT2D eigenvalue weighted by molar-refractivity contribution is 0.669. The summed E-state index contributed by atoms with van der Waals surface area (Å²) in [4.78, 5) is 0. The highest BCUT2D eigenvalue weighted by molar-refractivity contribution is 7.80. The summed E-state index contributed by atoms with van der Waals surface area (Å²) in [6.07, 6.45) is 0. The van der Waals surface area contributed by atoms with Crippen LogP contribution in [0, 0.1) is 0 Å². The van der Waals surface area contributed by atoms with E-state index < -0.39 is 0 Å². The van der Waals surface area contributed by atoms with E-state index in [9.17, 15) is 0 Å². The van der Waals surface area contributed by atoms with Gasteiger partial charge in [0, 0.05) is 29.1 Å². The molecule has 0 radical (unpaired) electrons. The quantitative estimate of drug-likeness (QED) is 0.514. The van der Waals surface area contributed by atoms with Crippen LogP contribution in [0.25, 0.3) is 21.9 Å². The van der Waals surface area contributed by atoms with Gasteiger partial charge in [-0.15, -0.1) is 0 Å². The van der Waals surface area contributed by atoms with Crippen LogP contribution in [0.2, 0.25) is 0 Å². The van der Waals surface area contributed by atoms with Gasteiger partial charge in [-0.1, -0.05) is 48.5 Å². The van der Waals surface area contributed by atoms with E-state index in [0.717, 1.165) is 27.6 Å². The van der Waals surface area contributed by atoms with E-state index in [1.54, 1.807) is 0 Å². The van der Waals surface area contributed by atoms with E-state index in [0.29, 0.717) is 11.7 Å². The first-order valence-corrected chi connectivity index (χ1v) is 8.20. The second-order valence-corrected chi connectivity index (χ2v) is 6.01. The summed E-state index contributed by atoms with van der Waals surface area (Å²) < 4.78 is 5.90. The monoisotopic (exact) mass is 332 g/mol. The van der Waals surface area contributed by atoms with Crippen LogP contribution in [0.4, 0.5) is 5.69 Å². The Hall–Kier alpha value is -2.85. The predicted octanol–water partition coefficient (Wildman–Crippen LogP) is 5.07. The first-order chi connectivity index (χ1) is 11.8. The third kappa shape index (κ3) is 2.96. The van der Waals surface area contributed by atoms with Crippen LogP contribution in [0.3, 0.4) is 0 Å². The van der Waals surface area contributed by atoms with Crippen LogP contribution in [0.1, 0.15) is 5.56 Å². The van der Waals surface area contributed by atoms with Crippen LogP contribution < -0.4 is 10.6 Å². The van der Waals surface area contributed by atoms with Crippen molar-refractivity contribution in [3.63, 3.8) is 0 Å². The van der Waals surface area contributed by atoms with Crippen LogP contribution in [0.15, 0.2) is 77.2 Å². The minimum absolute atomic E-state index is 0.592. The van der Waals surface area contributed by atoms with E-state index in [1.165, 1.54) is 5.56 Å². The van der Waals surface area contributed by atoms with Gasteiger partial charge in [0.2, 0.25) is 0 Å². The van der Waals surface area contributed by atoms with Crippen LogP contribution >= 0.6 is 12.2 Å². The molecule has 1 heterocycles. The van der Waals surface area contributed by atoms with Crippen LogP contribution in [-0.4, -0.2) is 5.11 Å². The molecule has 118 valence electrons. The van der Waals surface area contributed by atoms with Crippen LogP contribution in [0.5, 0.6) is 0 Å². The molecule has 0 aliphatic carbocycles. The van der Waals surface area contributed by atoms with Crippen molar-refractivity contribution in [3.05, 3.63) is 78.4 Å². The number of nitrogens with one attached hydrogen (secondary N) is 2. The van der Waals surface area contributed by atoms with Crippen molar-refractivity contribution in [1.29, 1.82) is 0 Å². The van der Waals surface area contributed by atoms with Gasteiger partial charge >= 0.3 is 0 Å². The second-order valence-electron chi connectivity index (χ2n) is 5.60. The fourth-order valence-corrected chi connectivity index (χ4v) is 2.95. The Morgan fingerprint density at radius 2 is 1.58 bits per heavy atom. The SMILES string of the molecule is S=C(NCc1ccccc1)Nc1ccc2c(c1)oc1ccccc12. The lowest BCUT2D eigenvalue weighted by atomic mass is 10.1. The van der Waals surface area contributed by atoms with Gasteiger partial charge in [-0.25, -0.2) is 0 Å². The Balaban J connectivity index is 1.50. The maximum absolute atomic E-state index is 5.90. The number of anilines is 1. The largest absolute Gasteiger partial charge is 0.456 e. The number of thiocarbonyl (C=S) groups is 1. The molecule has 0 aliphatic rings. The molecule has 4 aromatic rings. The molecule has 0 atom stereocenters. The third-order valence-electron chi connectivity index (χ3n) is 3.93. The molecule has 3 aromatic carbocycles. The maximum atomic E-state index is 5.90. The highest BCUT2D eigenvalue weighted by Crippen LogP contribution is 2.30. The molecule has 3 nitrogen and oxygen atoms in total. The van der Waals surface area contributed by atoms with Gasteiger partial charge in [0.1, 0.15) is 11.2 Å². The molecule has 2 N–H and O–H groups in total. The average Bonchev–Trinajstić information content (AvgIpc) is 2.98. The summed E-state index contributed by atoms with van der Waals surface area (Å²) in [6.45, 7) is 0.694. The molecule has 0 amide bonds. The molecule has 4 rings (SSSR count). The first kappa shape index (κ1) is 14.7. The number of benzene rings is 3. The van der Waals surface area contributed by atoms with Crippen molar-refractivity contribution in [2.24, 2.45) is 0 Å². The molecule has 1 aromatic heterocycles. The Bertz CT molecular complexity index is 1010. The smallest absolute Gasteiger partial charge is 0.171 e. The van der Waals surface area contributed by atoms with Crippen molar-refractivity contribution in [3.8, 4) is 0 Å². The van der Waals surface area contributed by atoms with Gasteiger partial charge in [-0.3, -0.25) is 0 Å². The molecule has 0 saturated heterocycles. The highest BCUT2D eigenvalue weighted by atomic mass is 32.1. The fourth-order valence-electron chi connectivity index (χ4n) is 2.76. The zero-order valence-corrected chi connectivity index (χ0v) is 13.8. The molecule has 0 fully saturated rings. The highest BCUT2D eigenvalue weighted by Gasteiger charge is 2.07. The van der Waals surface area contributed by atoms with Gasteiger partial charge in [-0.2, -0.15) is 0 Å². The molecule has 0 bridgehead atoms.